The lowest BCUT2D eigenvalue weighted by Gasteiger charge is -2.33. The summed E-state index contributed by atoms with van der Waals surface area (Å²) in [5.41, 5.74) is 0. The molecular weight excluding hydrogens is 220 g/mol. The van der Waals surface area contributed by atoms with Gasteiger partial charge in [0.1, 0.15) is 0 Å². The highest BCUT2D eigenvalue weighted by Gasteiger charge is 2.67. The van der Waals surface area contributed by atoms with Crippen LogP contribution >= 0.6 is 0 Å². The zero-order valence-electron chi connectivity index (χ0n) is 11.7. The zero-order valence-corrected chi connectivity index (χ0v) is 11.7. The molecule has 4 saturated carbocycles. The van der Waals surface area contributed by atoms with Gasteiger partial charge in [0, 0.05) is 0 Å². The highest BCUT2D eigenvalue weighted by molar-refractivity contribution is 5.15. The van der Waals surface area contributed by atoms with Crippen molar-refractivity contribution < 1.29 is 5.11 Å². The Morgan fingerprint density at radius 2 is 1.72 bits per heavy atom. The SMILES string of the molecule is CCC1CCCC(C(O)C2C3C4CCC(C4)C32)C1. The van der Waals surface area contributed by atoms with Gasteiger partial charge in [0.15, 0.2) is 0 Å². The van der Waals surface area contributed by atoms with Crippen LogP contribution in [0.15, 0.2) is 0 Å². The summed E-state index contributed by atoms with van der Waals surface area (Å²) in [7, 11) is 0. The van der Waals surface area contributed by atoms with Crippen LogP contribution in [-0.4, -0.2) is 11.2 Å². The molecule has 7 atom stereocenters. The maximum absolute atomic E-state index is 10.8. The average Bonchev–Trinajstić information content (AvgIpc) is 2.85. The topological polar surface area (TPSA) is 20.2 Å². The van der Waals surface area contributed by atoms with Crippen molar-refractivity contribution in [1.29, 1.82) is 0 Å². The lowest BCUT2D eigenvalue weighted by atomic mass is 9.75. The molecule has 0 heterocycles. The highest BCUT2D eigenvalue weighted by atomic mass is 16.3. The zero-order chi connectivity index (χ0) is 12.3. The van der Waals surface area contributed by atoms with Crippen LogP contribution in [-0.2, 0) is 0 Å². The smallest absolute Gasteiger partial charge is 0.0602 e. The molecule has 4 aliphatic rings. The maximum atomic E-state index is 10.8. The molecule has 2 bridgehead atoms. The summed E-state index contributed by atoms with van der Waals surface area (Å²) < 4.78 is 0. The Morgan fingerprint density at radius 1 is 1.00 bits per heavy atom. The molecule has 0 aromatic rings. The third-order valence-corrected chi connectivity index (χ3v) is 7.07. The fraction of sp³-hybridized carbons (Fsp3) is 1.00. The van der Waals surface area contributed by atoms with Crippen LogP contribution < -0.4 is 0 Å². The van der Waals surface area contributed by atoms with E-state index in [9.17, 15) is 5.11 Å². The molecule has 102 valence electrons. The van der Waals surface area contributed by atoms with Crippen LogP contribution in [0, 0.1) is 41.4 Å². The number of aliphatic hydroxyl groups excluding tert-OH is 1. The molecule has 4 rings (SSSR count). The third kappa shape index (κ3) is 1.62. The van der Waals surface area contributed by atoms with Crippen molar-refractivity contribution in [2.45, 2.75) is 64.4 Å². The minimum atomic E-state index is 0.0674. The molecule has 0 spiro atoms. The molecule has 0 saturated heterocycles. The van der Waals surface area contributed by atoms with Crippen LogP contribution in [0.25, 0.3) is 0 Å². The molecule has 0 radical (unpaired) electrons. The largest absolute Gasteiger partial charge is 0.393 e. The first-order valence-corrected chi connectivity index (χ1v) is 8.47. The van der Waals surface area contributed by atoms with Gasteiger partial charge < -0.3 is 5.11 Å². The number of fused-ring (bicyclic) bond motifs is 5. The summed E-state index contributed by atoms with van der Waals surface area (Å²) in [5, 5.41) is 10.8. The van der Waals surface area contributed by atoms with E-state index in [1.54, 1.807) is 0 Å². The fourth-order valence-electron chi connectivity index (χ4n) is 6.18. The van der Waals surface area contributed by atoms with E-state index in [4.69, 9.17) is 0 Å². The maximum Gasteiger partial charge on any atom is 0.0602 e. The molecule has 7 unspecified atom stereocenters. The normalized spacial score (nSPS) is 55.3. The van der Waals surface area contributed by atoms with Crippen molar-refractivity contribution >= 4 is 0 Å². The van der Waals surface area contributed by atoms with Gasteiger partial charge in [-0.1, -0.05) is 26.2 Å². The number of hydrogen-bond acceptors (Lipinski definition) is 1. The van der Waals surface area contributed by atoms with E-state index >= 15 is 0 Å². The number of rotatable bonds is 3. The van der Waals surface area contributed by atoms with Gasteiger partial charge in [0.25, 0.3) is 0 Å². The van der Waals surface area contributed by atoms with E-state index in [-0.39, 0.29) is 6.10 Å². The van der Waals surface area contributed by atoms with Gasteiger partial charge in [0.05, 0.1) is 6.10 Å². The monoisotopic (exact) mass is 248 g/mol. The Kier molecular flexibility index (Phi) is 2.76. The first kappa shape index (κ1) is 11.8. The average molecular weight is 248 g/mol. The Hall–Kier alpha value is -0.0400. The first-order valence-electron chi connectivity index (χ1n) is 8.47. The molecule has 4 fully saturated rings. The second-order valence-corrected chi connectivity index (χ2v) is 7.76. The second-order valence-electron chi connectivity index (χ2n) is 7.76. The van der Waals surface area contributed by atoms with Crippen molar-refractivity contribution in [3.8, 4) is 0 Å². The van der Waals surface area contributed by atoms with Crippen molar-refractivity contribution in [3.05, 3.63) is 0 Å². The van der Waals surface area contributed by atoms with E-state index < -0.39 is 0 Å². The van der Waals surface area contributed by atoms with E-state index in [0.29, 0.717) is 5.92 Å². The van der Waals surface area contributed by atoms with Gasteiger partial charge in [-0.05, 0) is 73.5 Å². The Bertz CT molecular complexity index is 310. The van der Waals surface area contributed by atoms with Crippen LogP contribution in [0.1, 0.15) is 58.3 Å². The van der Waals surface area contributed by atoms with Crippen LogP contribution in [0.2, 0.25) is 0 Å². The van der Waals surface area contributed by atoms with E-state index in [0.717, 1.165) is 35.5 Å². The summed E-state index contributed by atoms with van der Waals surface area (Å²) in [5.74, 6) is 6.25. The molecule has 0 aromatic carbocycles. The van der Waals surface area contributed by atoms with Crippen molar-refractivity contribution in [2.75, 3.05) is 0 Å². The quantitative estimate of drug-likeness (QED) is 0.804. The van der Waals surface area contributed by atoms with Gasteiger partial charge in [0.2, 0.25) is 0 Å². The number of aliphatic hydroxyl groups is 1. The Balaban J connectivity index is 1.41. The minimum absolute atomic E-state index is 0.0674. The second kappa shape index (κ2) is 4.23. The first-order chi connectivity index (χ1) is 8.79. The third-order valence-electron chi connectivity index (χ3n) is 7.07. The standard InChI is InChI=1S/C17H28O/c1-2-10-4-3-5-13(8-10)17(18)16-14-11-6-7-12(9-11)15(14)16/h10-18H,2-9H2,1H3. The Morgan fingerprint density at radius 3 is 2.39 bits per heavy atom. The van der Waals surface area contributed by atoms with Gasteiger partial charge in [-0.3, -0.25) is 0 Å². The van der Waals surface area contributed by atoms with Gasteiger partial charge in [-0.15, -0.1) is 0 Å². The van der Waals surface area contributed by atoms with Crippen molar-refractivity contribution in [3.63, 3.8) is 0 Å². The molecule has 0 aliphatic heterocycles. The minimum Gasteiger partial charge on any atom is -0.393 e. The van der Waals surface area contributed by atoms with Crippen LogP contribution in [0.5, 0.6) is 0 Å². The van der Waals surface area contributed by atoms with E-state index in [1.807, 2.05) is 0 Å². The lowest BCUT2D eigenvalue weighted by molar-refractivity contribution is 0.0377. The molecule has 1 N–H and O–H groups in total. The Labute approximate surface area is 111 Å². The molecule has 18 heavy (non-hydrogen) atoms. The van der Waals surface area contributed by atoms with E-state index in [1.165, 1.54) is 51.4 Å². The van der Waals surface area contributed by atoms with Gasteiger partial charge in [-0.25, -0.2) is 0 Å². The van der Waals surface area contributed by atoms with Crippen molar-refractivity contribution in [1.82, 2.24) is 0 Å². The molecule has 0 amide bonds. The summed E-state index contributed by atoms with van der Waals surface area (Å²) in [6.07, 6.45) is 11.3. The van der Waals surface area contributed by atoms with Crippen molar-refractivity contribution in [2.24, 2.45) is 41.4 Å². The predicted octanol–water partition coefficient (Wildman–Crippen LogP) is 3.86. The van der Waals surface area contributed by atoms with Gasteiger partial charge in [-0.2, -0.15) is 0 Å². The predicted molar refractivity (Wildman–Crippen MR) is 73.0 cm³/mol. The molecule has 0 aromatic heterocycles. The summed E-state index contributed by atoms with van der Waals surface area (Å²) >= 11 is 0. The molecule has 4 aliphatic carbocycles. The molecule has 1 nitrogen and oxygen atoms in total. The lowest BCUT2D eigenvalue weighted by Crippen LogP contribution is -2.30. The van der Waals surface area contributed by atoms with E-state index in [2.05, 4.69) is 6.92 Å². The van der Waals surface area contributed by atoms with Crippen LogP contribution in [0.4, 0.5) is 0 Å². The molecular formula is C17H28O. The van der Waals surface area contributed by atoms with Crippen LogP contribution in [0.3, 0.4) is 0 Å². The summed E-state index contributed by atoms with van der Waals surface area (Å²) in [6.45, 7) is 2.32. The fourth-order valence-corrected chi connectivity index (χ4v) is 6.18. The van der Waals surface area contributed by atoms with Gasteiger partial charge >= 0.3 is 0 Å². The number of hydrogen-bond donors (Lipinski definition) is 1. The summed E-state index contributed by atoms with van der Waals surface area (Å²) in [4.78, 5) is 0. The highest BCUT2D eigenvalue weighted by Crippen LogP contribution is 2.71. The molecule has 1 heteroatoms. The summed E-state index contributed by atoms with van der Waals surface area (Å²) in [6, 6.07) is 0.